The zero-order valence-electron chi connectivity index (χ0n) is 11.4. The predicted octanol–water partition coefficient (Wildman–Crippen LogP) is 1.80. The van der Waals surface area contributed by atoms with Gasteiger partial charge in [-0.3, -0.25) is 4.98 Å². The SMILES string of the molecule is c1ccc(CNCc2ccc(N3CCOCC3)o2)nc1. The van der Waals surface area contributed by atoms with Crippen molar-refractivity contribution in [3.63, 3.8) is 0 Å². The Balaban J connectivity index is 1.50. The van der Waals surface area contributed by atoms with Crippen molar-refractivity contribution in [2.24, 2.45) is 0 Å². The number of rotatable bonds is 5. The number of nitrogens with one attached hydrogen (secondary N) is 1. The van der Waals surface area contributed by atoms with Crippen LogP contribution < -0.4 is 10.2 Å². The summed E-state index contributed by atoms with van der Waals surface area (Å²) in [6.07, 6.45) is 1.81. The fraction of sp³-hybridized carbons (Fsp3) is 0.400. The van der Waals surface area contributed by atoms with Crippen molar-refractivity contribution in [2.45, 2.75) is 13.1 Å². The first-order chi connectivity index (χ1) is 9.92. The third kappa shape index (κ3) is 3.37. The van der Waals surface area contributed by atoms with Crippen molar-refractivity contribution in [3.05, 3.63) is 48.0 Å². The lowest BCUT2D eigenvalue weighted by Crippen LogP contribution is -2.35. The largest absolute Gasteiger partial charge is 0.444 e. The minimum atomic E-state index is 0.709. The molecule has 3 rings (SSSR count). The molecule has 1 aliphatic heterocycles. The van der Waals surface area contributed by atoms with Gasteiger partial charge in [-0.05, 0) is 18.2 Å². The first kappa shape index (κ1) is 13.1. The van der Waals surface area contributed by atoms with Crippen LogP contribution in [0, 0.1) is 0 Å². The van der Waals surface area contributed by atoms with Crippen molar-refractivity contribution >= 4 is 5.88 Å². The highest BCUT2D eigenvalue weighted by molar-refractivity contribution is 5.36. The van der Waals surface area contributed by atoms with Gasteiger partial charge in [0.2, 0.25) is 0 Å². The molecule has 0 amide bonds. The molecule has 0 aromatic carbocycles. The van der Waals surface area contributed by atoms with E-state index in [4.69, 9.17) is 9.15 Å². The number of morpholine rings is 1. The fourth-order valence-electron chi connectivity index (χ4n) is 2.23. The van der Waals surface area contributed by atoms with Crippen molar-refractivity contribution in [1.29, 1.82) is 0 Å². The maximum absolute atomic E-state index is 5.85. The number of aromatic nitrogens is 1. The molecule has 0 unspecified atom stereocenters. The van der Waals surface area contributed by atoms with Gasteiger partial charge in [-0.2, -0.15) is 0 Å². The van der Waals surface area contributed by atoms with Gasteiger partial charge in [-0.1, -0.05) is 6.07 Å². The van der Waals surface area contributed by atoms with E-state index in [9.17, 15) is 0 Å². The van der Waals surface area contributed by atoms with E-state index in [1.54, 1.807) is 6.20 Å². The Labute approximate surface area is 118 Å². The minimum Gasteiger partial charge on any atom is -0.444 e. The molecule has 106 valence electrons. The zero-order valence-corrected chi connectivity index (χ0v) is 11.4. The highest BCUT2D eigenvalue weighted by atomic mass is 16.5. The second-order valence-corrected chi connectivity index (χ2v) is 4.76. The van der Waals surface area contributed by atoms with Crippen LogP contribution in [0.5, 0.6) is 0 Å². The molecule has 0 atom stereocenters. The highest BCUT2D eigenvalue weighted by Gasteiger charge is 2.14. The van der Waals surface area contributed by atoms with Gasteiger partial charge in [0.1, 0.15) is 5.76 Å². The molecule has 0 saturated carbocycles. The summed E-state index contributed by atoms with van der Waals surface area (Å²) in [5.74, 6) is 1.88. The molecule has 2 aromatic heterocycles. The van der Waals surface area contributed by atoms with Crippen LogP contribution in [-0.2, 0) is 17.8 Å². The Morgan fingerprint density at radius 2 is 2.00 bits per heavy atom. The van der Waals surface area contributed by atoms with Gasteiger partial charge in [0, 0.05) is 31.9 Å². The van der Waals surface area contributed by atoms with Crippen LogP contribution in [0.1, 0.15) is 11.5 Å². The van der Waals surface area contributed by atoms with Gasteiger partial charge in [0.25, 0.3) is 0 Å². The Hall–Kier alpha value is -1.85. The summed E-state index contributed by atoms with van der Waals surface area (Å²) in [5.41, 5.74) is 1.03. The molecule has 0 bridgehead atoms. The average molecular weight is 273 g/mol. The van der Waals surface area contributed by atoms with Crippen molar-refractivity contribution < 1.29 is 9.15 Å². The van der Waals surface area contributed by atoms with Crippen LogP contribution in [0.15, 0.2) is 40.9 Å². The normalized spacial score (nSPS) is 15.5. The monoisotopic (exact) mass is 273 g/mol. The molecule has 1 N–H and O–H groups in total. The summed E-state index contributed by atoms with van der Waals surface area (Å²) in [5, 5.41) is 3.33. The van der Waals surface area contributed by atoms with E-state index in [2.05, 4.69) is 15.2 Å². The Morgan fingerprint density at radius 1 is 1.10 bits per heavy atom. The molecule has 0 radical (unpaired) electrons. The van der Waals surface area contributed by atoms with Gasteiger partial charge >= 0.3 is 0 Å². The van der Waals surface area contributed by atoms with Gasteiger partial charge in [0.05, 0.1) is 25.5 Å². The van der Waals surface area contributed by atoms with Crippen LogP contribution in [0.3, 0.4) is 0 Å². The summed E-state index contributed by atoms with van der Waals surface area (Å²) in [4.78, 5) is 6.49. The summed E-state index contributed by atoms with van der Waals surface area (Å²) in [7, 11) is 0. The standard InChI is InChI=1S/C15H19N3O2/c1-2-6-17-13(3-1)11-16-12-14-4-5-15(20-14)18-7-9-19-10-8-18/h1-6,16H,7-12H2. The number of pyridine rings is 1. The van der Waals surface area contributed by atoms with Gasteiger partial charge < -0.3 is 19.4 Å². The van der Waals surface area contributed by atoms with E-state index in [-0.39, 0.29) is 0 Å². The second kappa shape index (κ2) is 6.54. The molecule has 1 aliphatic rings. The minimum absolute atomic E-state index is 0.709. The van der Waals surface area contributed by atoms with E-state index >= 15 is 0 Å². The number of hydrogen-bond donors (Lipinski definition) is 1. The summed E-state index contributed by atoms with van der Waals surface area (Å²) < 4.78 is 11.2. The third-order valence-corrected chi connectivity index (χ3v) is 3.30. The zero-order chi connectivity index (χ0) is 13.6. The molecular formula is C15H19N3O2. The smallest absolute Gasteiger partial charge is 0.195 e. The third-order valence-electron chi connectivity index (χ3n) is 3.30. The average Bonchev–Trinajstić information content (AvgIpc) is 2.98. The van der Waals surface area contributed by atoms with E-state index in [1.165, 1.54) is 0 Å². The van der Waals surface area contributed by atoms with Crippen LogP contribution in [0.4, 0.5) is 5.88 Å². The second-order valence-electron chi connectivity index (χ2n) is 4.76. The molecule has 3 heterocycles. The van der Waals surface area contributed by atoms with Crippen LogP contribution >= 0.6 is 0 Å². The van der Waals surface area contributed by atoms with E-state index in [0.29, 0.717) is 6.54 Å². The van der Waals surface area contributed by atoms with Gasteiger partial charge in [-0.25, -0.2) is 0 Å². The number of ether oxygens (including phenoxy) is 1. The topological polar surface area (TPSA) is 50.5 Å². The summed E-state index contributed by atoms with van der Waals surface area (Å²) in [6, 6.07) is 9.98. The van der Waals surface area contributed by atoms with E-state index in [0.717, 1.165) is 50.2 Å². The molecule has 0 spiro atoms. The number of hydrogen-bond acceptors (Lipinski definition) is 5. The van der Waals surface area contributed by atoms with Crippen molar-refractivity contribution in [3.8, 4) is 0 Å². The fourth-order valence-corrected chi connectivity index (χ4v) is 2.23. The maximum Gasteiger partial charge on any atom is 0.195 e. The van der Waals surface area contributed by atoms with Gasteiger partial charge in [0.15, 0.2) is 5.88 Å². The Kier molecular flexibility index (Phi) is 4.30. The lowest BCUT2D eigenvalue weighted by atomic mass is 10.3. The van der Waals surface area contributed by atoms with Gasteiger partial charge in [-0.15, -0.1) is 0 Å². The molecule has 1 saturated heterocycles. The molecule has 0 aliphatic carbocycles. The Morgan fingerprint density at radius 3 is 2.80 bits per heavy atom. The first-order valence-electron chi connectivity index (χ1n) is 6.94. The van der Waals surface area contributed by atoms with Crippen LogP contribution in [0.2, 0.25) is 0 Å². The first-order valence-corrected chi connectivity index (χ1v) is 6.94. The van der Waals surface area contributed by atoms with E-state index < -0.39 is 0 Å². The molecule has 2 aromatic rings. The summed E-state index contributed by atoms with van der Waals surface area (Å²) in [6.45, 7) is 4.79. The van der Waals surface area contributed by atoms with Crippen molar-refractivity contribution in [2.75, 3.05) is 31.2 Å². The quantitative estimate of drug-likeness (QED) is 0.900. The molecule has 5 nitrogen and oxygen atoms in total. The van der Waals surface area contributed by atoms with Crippen LogP contribution in [-0.4, -0.2) is 31.3 Å². The molecule has 20 heavy (non-hydrogen) atoms. The molecule has 5 heteroatoms. The Bertz CT molecular complexity index is 521. The number of anilines is 1. The van der Waals surface area contributed by atoms with E-state index in [1.807, 2.05) is 30.3 Å². The summed E-state index contributed by atoms with van der Waals surface area (Å²) >= 11 is 0. The lowest BCUT2D eigenvalue weighted by Gasteiger charge is -2.26. The lowest BCUT2D eigenvalue weighted by molar-refractivity contribution is 0.120. The molecular weight excluding hydrogens is 254 g/mol. The van der Waals surface area contributed by atoms with Crippen molar-refractivity contribution in [1.82, 2.24) is 10.3 Å². The molecule has 1 fully saturated rings. The van der Waals surface area contributed by atoms with Crippen LogP contribution in [0.25, 0.3) is 0 Å². The predicted molar refractivity (Wildman–Crippen MR) is 76.5 cm³/mol. The highest BCUT2D eigenvalue weighted by Crippen LogP contribution is 2.19. The number of furan rings is 1. The number of nitrogens with zero attached hydrogens (tertiary/aromatic N) is 2. The maximum atomic E-state index is 5.85.